The molecule has 3 amide bonds. The average Bonchev–Trinajstić information content (AvgIpc) is 3.44. The minimum absolute atomic E-state index is 0.199. The number of ether oxygens (including phenoxy) is 1. The van der Waals surface area contributed by atoms with E-state index in [0.29, 0.717) is 30.1 Å². The van der Waals surface area contributed by atoms with Crippen molar-refractivity contribution in [1.82, 2.24) is 19.7 Å². The van der Waals surface area contributed by atoms with Gasteiger partial charge in [-0.2, -0.15) is 0 Å². The highest BCUT2D eigenvalue weighted by Crippen LogP contribution is 2.23. The molecule has 1 saturated heterocycles. The minimum Gasteiger partial charge on any atom is -0.497 e. The van der Waals surface area contributed by atoms with Crippen molar-refractivity contribution < 1.29 is 14.3 Å². The van der Waals surface area contributed by atoms with Crippen molar-refractivity contribution >= 4 is 23.3 Å². The maximum Gasteiger partial charge on any atom is 0.322 e. The number of anilines is 2. The number of likely N-dealkylation sites (tertiary alicyclic amines) is 1. The lowest BCUT2D eigenvalue weighted by molar-refractivity contribution is -0.119. The summed E-state index contributed by atoms with van der Waals surface area (Å²) in [4.78, 5) is 27.2. The lowest BCUT2D eigenvalue weighted by Crippen LogP contribution is -2.45. The number of rotatable bonds is 5. The Morgan fingerprint density at radius 3 is 2.35 bits per heavy atom. The maximum atomic E-state index is 12.8. The molecular formula is C22H24N6O3. The van der Waals surface area contributed by atoms with Crippen LogP contribution in [0.15, 0.2) is 54.9 Å². The van der Waals surface area contributed by atoms with E-state index in [9.17, 15) is 9.59 Å². The van der Waals surface area contributed by atoms with E-state index < -0.39 is 6.04 Å². The second-order valence-corrected chi connectivity index (χ2v) is 7.34. The number of carbonyl (C=O) groups is 2. The van der Waals surface area contributed by atoms with Gasteiger partial charge < -0.3 is 24.8 Å². The zero-order valence-corrected chi connectivity index (χ0v) is 17.4. The molecule has 3 aromatic rings. The molecule has 2 heterocycles. The Hall–Kier alpha value is -3.88. The molecule has 31 heavy (non-hydrogen) atoms. The highest BCUT2D eigenvalue weighted by Gasteiger charge is 2.34. The lowest BCUT2D eigenvalue weighted by atomic mass is 10.2. The molecule has 1 unspecified atom stereocenters. The molecule has 4 rings (SSSR count). The summed E-state index contributed by atoms with van der Waals surface area (Å²) in [6, 6.07) is 13.7. The van der Waals surface area contributed by atoms with E-state index in [-0.39, 0.29) is 11.9 Å². The summed E-state index contributed by atoms with van der Waals surface area (Å²) in [5, 5.41) is 13.7. The number of urea groups is 1. The number of nitrogens with zero attached hydrogens (tertiary/aromatic N) is 4. The van der Waals surface area contributed by atoms with Crippen LogP contribution >= 0.6 is 0 Å². The first-order chi connectivity index (χ1) is 15.0. The highest BCUT2D eigenvalue weighted by atomic mass is 16.5. The molecule has 160 valence electrons. The van der Waals surface area contributed by atoms with Gasteiger partial charge in [0.2, 0.25) is 5.91 Å². The van der Waals surface area contributed by atoms with Crippen LogP contribution in [0.25, 0.3) is 11.4 Å². The summed E-state index contributed by atoms with van der Waals surface area (Å²) >= 11 is 0. The molecule has 0 bridgehead atoms. The number of amides is 3. The number of aryl methyl sites for hydroxylation is 1. The van der Waals surface area contributed by atoms with Crippen LogP contribution in [0.2, 0.25) is 0 Å². The van der Waals surface area contributed by atoms with Gasteiger partial charge in [0.1, 0.15) is 18.1 Å². The number of benzene rings is 2. The van der Waals surface area contributed by atoms with Crippen molar-refractivity contribution in [2.24, 2.45) is 7.05 Å². The lowest BCUT2D eigenvalue weighted by Gasteiger charge is -2.24. The summed E-state index contributed by atoms with van der Waals surface area (Å²) < 4.78 is 6.95. The number of carbonyl (C=O) groups excluding carboxylic acids is 2. The van der Waals surface area contributed by atoms with Crippen molar-refractivity contribution in [3.63, 3.8) is 0 Å². The standard InChI is InChI=1S/C22H24N6O3/c1-27-14-23-26-20(27)15-5-7-17(8-6-15)25-22(30)28-13-3-4-19(28)21(29)24-16-9-11-18(31-2)12-10-16/h5-12,14,19H,3-4,13H2,1-2H3,(H,24,29)(H,25,30). The van der Waals surface area contributed by atoms with Crippen LogP contribution < -0.4 is 15.4 Å². The Morgan fingerprint density at radius 1 is 1.03 bits per heavy atom. The van der Waals surface area contributed by atoms with Gasteiger partial charge in [0.05, 0.1) is 7.11 Å². The van der Waals surface area contributed by atoms with Crippen molar-refractivity contribution in [1.29, 1.82) is 0 Å². The molecule has 1 aliphatic heterocycles. The smallest absolute Gasteiger partial charge is 0.322 e. The van der Waals surface area contributed by atoms with Crippen LogP contribution in [0.4, 0.5) is 16.2 Å². The molecule has 2 aromatic carbocycles. The molecule has 0 saturated carbocycles. The van der Waals surface area contributed by atoms with Crippen molar-refractivity contribution in [3.8, 4) is 17.1 Å². The number of methoxy groups -OCH3 is 1. The third-order valence-corrected chi connectivity index (χ3v) is 5.28. The van der Waals surface area contributed by atoms with Crippen LogP contribution in [-0.2, 0) is 11.8 Å². The molecule has 1 atom stereocenters. The molecule has 1 fully saturated rings. The predicted octanol–water partition coefficient (Wildman–Crippen LogP) is 3.13. The molecule has 0 spiro atoms. The number of hydrogen-bond acceptors (Lipinski definition) is 5. The van der Waals surface area contributed by atoms with E-state index in [1.165, 1.54) is 0 Å². The van der Waals surface area contributed by atoms with Gasteiger partial charge in [0.25, 0.3) is 0 Å². The van der Waals surface area contributed by atoms with Gasteiger partial charge in [-0.15, -0.1) is 10.2 Å². The third-order valence-electron chi connectivity index (χ3n) is 5.28. The number of aromatic nitrogens is 3. The zero-order valence-electron chi connectivity index (χ0n) is 17.4. The van der Waals surface area contributed by atoms with Crippen LogP contribution in [0.1, 0.15) is 12.8 Å². The summed E-state index contributed by atoms with van der Waals surface area (Å²) in [6.07, 6.45) is 3.04. The second-order valence-electron chi connectivity index (χ2n) is 7.34. The molecular weight excluding hydrogens is 396 g/mol. The minimum atomic E-state index is -0.514. The van der Waals surface area contributed by atoms with Crippen LogP contribution in [0.3, 0.4) is 0 Å². The fourth-order valence-corrected chi connectivity index (χ4v) is 3.62. The number of nitrogens with one attached hydrogen (secondary N) is 2. The quantitative estimate of drug-likeness (QED) is 0.660. The zero-order chi connectivity index (χ0) is 21.8. The van der Waals surface area contributed by atoms with Gasteiger partial charge in [-0.25, -0.2) is 4.79 Å². The van der Waals surface area contributed by atoms with Gasteiger partial charge in [-0.3, -0.25) is 4.79 Å². The Labute approximate surface area is 180 Å². The van der Waals surface area contributed by atoms with E-state index in [4.69, 9.17) is 4.74 Å². The molecule has 9 nitrogen and oxygen atoms in total. The topological polar surface area (TPSA) is 101 Å². The highest BCUT2D eigenvalue weighted by molar-refractivity contribution is 5.99. The Bertz CT molecular complexity index is 1060. The second kappa shape index (κ2) is 8.86. The largest absolute Gasteiger partial charge is 0.497 e. The summed E-state index contributed by atoms with van der Waals surface area (Å²) in [6.45, 7) is 0.531. The van der Waals surface area contributed by atoms with Gasteiger partial charge in [0.15, 0.2) is 5.82 Å². The molecule has 1 aliphatic rings. The molecule has 0 radical (unpaired) electrons. The summed E-state index contributed by atoms with van der Waals surface area (Å²) in [5.41, 5.74) is 2.21. The third kappa shape index (κ3) is 4.50. The fourth-order valence-electron chi connectivity index (χ4n) is 3.62. The SMILES string of the molecule is COc1ccc(NC(=O)C2CCCN2C(=O)Nc2ccc(-c3nncn3C)cc2)cc1. The first-order valence-corrected chi connectivity index (χ1v) is 10.0. The summed E-state index contributed by atoms with van der Waals surface area (Å²) in [7, 11) is 3.46. The molecule has 9 heteroatoms. The molecule has 2 N–H and O–H groups in total. The maximum absolute atomic E-state index is 12.8. The Balaban J connectivity index is 1.39. The van der Waals surface area contributed by atoms with Gasteiger partial charge in [0, 0.05) is 30.5 Å². The predicted molar refractivity (Wildman–Crippen MR) is 117 cm³/mol. The fraction of sp³-hybridized carbons (Fsp3) is 0.273. The van der Waals surface area contributed by atoms with Gasteiger partial charge in [-0.05, 0) is 61.4 Å². The van der Waals surface area contributed by atoms with E-state index in [2.05, 4.69) is 20.8 Å². The normalized spacial score (nSPS) is 15.5. The van der Waals surface area contributed by atoms with Gasteiger partial charge >= 0.3 is 6.03 Å². The summed E-state index contributed by atoms with van der Waals surface area (Å²) in [5.74, 6) is 1.26. The van der Waals surface area contributed by atoms with Crippen LogP contribution in [-0.4, -0.2) is 51.3 Å². The monoisotopic (exact) mass is 420 g/mol. The molecule has 1 aromatic heterocycles. The van der Waals surface area contributed by atoms with Crippen LogP contribution in [0.5, 0.6) is 5.75 Å². The Morgan fingerprint density at radius 2 is 1.71 bits per heavy atom. The van der Waals surface area contributed by atoms with Crippen molar-refractivity contribution in [2.45, 2.75) is 18.9 Å². The van der Waals surface area contributed by atoms with Crippen molar-refractivity contribution in [3.05, 3.63) is 54.9 Å². The Kier molecular flexibility index (Phi) is 5.83. The molecule has 0 aliphatic carbocycles. The van der Waals surface area contributed by atoms with Crippen molar-refractivity contribution in [2.75, 3.05) is 24.3 Å². The first kappa shape index (κ1) is 20.4. The van der Waals surface area contributed by atoms with E-state index in [1.807, 2.05) is 35.9 Å². The average molecular weight is 420 g/mol. The first-order valence-electron chi connectivity index (χ1n) is 10.0. The van der Waals surface area contributed by atoms with E-state index in [0.717, 1.165) is 17.8 Å². The van der Waals surface area contributed by atoms with Crippen LogP contribution in [0, 0.1) is 0 Å². The number of hydrogen-bond donors (Lipinski definition) is 2. The van der Waals surface area contributed by atoms with E-state index in [1.54, 1.807) is 42.6 Å². The van der Waals surface area contributed by atoms with Gasteiger partial charge in [-0.1, -0.05) is 0 Å². The van der Waals surface area contributed by atoms with E-state index >= 15 is 0 Å².